The Morgan fingerprint density at radius 3 is 2.50 bits per heavy atom. The SMILES string of the molecule is Cc1ccc(S(=O)(=O)NC(c2cccc(F)c2)c2nccn2C)cc1C. The number of benzene rings is 2. The average Bonchev–Trinajstić information content (AvgIpc) is 3.01. The van der Waals surface area contributed by atoms with Crippen molar-refractivity contribution in [2.45, 2.75) is 24.8 Å². The zero-order valence-electron chi connectivity index (χ0n) is 14.8. The van der Waals surface area contributed by atoms with E-state index < -0.39 is 21.9 Å². The molecule has 26 heavy (non-hydrogen) atoms. The van der Waals surface area contributed by atoms with Gasteiger partial charge in [-0.25, -0.2) is 17.8 Å². The Bertz CT molecular complexity index is 1040. The number of aromatic nitrogens is 2. The molecule has 0 saturated carbocycles. The van der Waals surface area contributed by atoms with Crippen LogP contribution in [0.4, 0.5) is 4.39 Å². The lowest BCUT2D eigenvalue weighted by molar-refractivity contribution is 0.560. The molecular weight excluding hydrogens is 353 g/mol. The molecule has 0 aliphatic heterocycles. The third-order valence-electron chi connectivity index (χ3n) is 4.36. The third-order valence-corrected chi connectivity index (χ3v) is 5.78. The number of hydrogen-bond donors (Lipinski definition) is 1. The van der Waals surface area contributed by atoms with Gasteiger partial charge in [-0.05, 0) is 54.8 Å². The third kappa shape index (κ3) is 3.68. The molecule has 136 valence electrons. The van der Waals surface area contributed by atoms with Gasteiger partial charge in [-0.2, -0.15) is 4.72 Å². The van der Waals surface area contributed by atoms with Gasteiger partial charge in [0, 0.05) is 19.4 Å². The molecule has 0 aliphatic carbocycles. The van der Waals surface area contributed by atoms with Gasteiger partial charge < -0.3 is 4.57 Å². The number of aryl methyl sites for hydroxylation is 3. The zero-order valence-corrected chi connectivity index (χ0v) is 15.6. The first kappa shape index (κ1) is 18.3. The van der Waals surface area contributed by atoms with Crippen molar-refractivity contribution < 1.29 is 12.8 Å². The number of nitrogens with zero attached hydrogens (tertiary/aromatic N) is 2. The second kappa shape index (κ2) is 7.01. The average molecular weight is 373 g/mol. The number of rotatable bonds is 5. The summed E-state index contributed by atoms with van der Waals surface area (Å²) in [5, 5.41) is 0. The summed E-state index contributed by atoms with van der Waals surface area (Å²) in [4.78, 5) is 4.41. The summed E-state index contributed by atoms with van der Waals surface area (Å²) in [5.41, 5.74) is 2.37. The highest BCUT2D eigenvalue weighted by molar-refractivity contribution is 7.89. The Morgan fingerprint density at radius 2 is 1.88 bits per heavy atom. The Balaban J connectivity index is 2.05. The van der Waals surface area contributed by atoms with E-state index in [4.69, 9.17) is 0 Å². The monoisotopic (exact) mass is 373 g/mol. The summed E-state index contributed by atoms with van der Waals surface area (Å²) < 4.78 is 43.9. The normalized spacial score (nSPS) is 12.9. The highest BCUT2D eigenvalue weighted by atomic mass is 32.2. The van der Waals surface area contributed by atoms with Gasteiger partial charge in [0.25, 0.3) is 0 Å². The van der Waals surface area contributed by atoms with Crippen LogP contribution in [0.5, 0.6) is 0 Å². The van der Waals surface area contributed by atoms with Crippen LogP contribution < -0.4 is 4.72 Å². The molecule has 2 aromatic carbocycles. The molecular formula is C19H20FN3O2S. The van der Waals surface area contributed by atoms with Gasteiger partial charge >= 0.3 is 0 Å². The minimum absolute atomic E-state index is 0.163. The highest BCUT2D eigenvalue weighted by Gasteiger charge is 2.26. The molecule has 0 spiro atoms. The van der Waals surface area contributed by atoms with E-state index in [1.807, 2.05) is 13.8 Å². The van der Waals surface area contributed by atoms with Gasteiger partial charge in [-0.1, -0.05) is 18.2 Å². The minimum Gasteiger partial charge on any atom is -0.336 e. The molecule has 0 bridgehead atoms. The van der Waals surface area contributed by atoms with Crippen LogP contribution >= 0.6 is 0 Å². The van der Waals surface area contributed by atoms with Crippen LogP contribution in [-0.2, 0) is 17.1 Å². The highest BCUT2D eigenvalue weighted by Crippen LogP contribution is 2.24. The Hall–Kier alpha value is -2.51. The molecule has 7 heteroatoms. The molecule has 5 nitrogen and oxygen atoms in total. The van der Waals surface area contributed by atoms with Crippen molar-refractivity contribution in [3.8, 4) is 0 Å². The first-order chi connectivity index (χ1) is 12.3. The van der Waals surface area contributed by atoms with Crippen molar-refractivity contribution in [2.75, 3.05) is 0 Å². The number of sulfonamides is 1. The molecule has 1 N–H and O–H groups in total. The zero-order chi connectivity index (χ0) is 18.9. The summed E-state index contributed by atoms with van der Waals surface area (Å²) in [6, 6.07) is 9.99. The lowest BCUT2D eigenvalue weighted by Gasteiger charge is -2.19. The lowest BCUT2D eigenvalue weighted by atomic mass is 10.1. The molecule has 0 saturated heterocycles. The molecule has 1 aromatic heterocycles. The van der Waals surface area contributed by atoms with E-state index in [2.05, 4.69) is 9.71 Å². The molecule has 0 radical (unpaired) electrons. The minimum atomic E-state index is -3.83. The summed E-state index contributed by atoms with van der Waals surface area (Å²) in [7, 11) is -2.07. The van der Waals surface area contributed by atoms with Gasteiger partial charge in [-0.15, -0.1) is 0 Å². The van der Waals surface area contributed by atoms with Crippen LogP contribution in [-0.4, -0.2) is 18.0 Å². The second-order valence-electron chi connectivity index (χ2n) is 6.25. The Morgan fingerprint density at radius 1 is 1.12 bits per heavy atom. The first-order valence-corrected chi connectivity index (χ1v) is 9.58. The number of imidazole rings is 1. The van der Waals surface area contributed by atoms with E-state index in [9.17, 15) is 12.8 Å². The van der Waals surface area contributed by atoms with Crippen LogP contribution in [0.3, 0.4) is 0 Å². The van der Waals surface area contributed by atoms with Crippen LogP contribution in [0.2, 0.25) is 0 Å². The quantitative estimate of drug-likeness (QED) is 0.747. The molecule has 0 aliphatic rings. The smallest absolute Gasteiger partial charge is 0.241 e. The second-order valence-corrected chi connectivity index (χ2v) is 7.97. The molecule has 1 heterocycles. The number of halogens is 1. The summed E-state index contributed by atoms with van der Waals surface area (Å²) in [5.74, 6) is 0.0371. The summed E-state index contributed by atoms with van der Waals surface area (Å²) in [6.45, 7) is 3.78. The number of hydrogen-bond acceptors (Lipinski definition) is 3. The molecule has 1 unspecified atom stereocenters. The number of nitrogens with one attached hydrogen (secondary N) is 1. The van der Waals surface area contributed by atoms with Gasteiger partial charge in [0.05, 0.1) is 4.90 Å². The molecule has 3 rings (SSSR count). The van der Waals surface area contributed by atoms with Crippen molar-refractivity contribution in [1.29, 1.82) is 0 Å². The van der Waals surface area contributed by atoms with Gasteiger partial charge in [0.1, 0.15) is 17.7 Å². The van der Waals surface area contributed by atoms with Gasteiger partial charge in [-0.3, -0.25) is 0 Å². The van der Waals surface area contributed by atoms with Crippen LogP contribution in [0, 0.1) is 19.7 Å². The van der Waals surface area contributed by atoms with E-state index in [1.54, 1.807) is 54.3 Å². The molecule has 1 atom stereocenters. The molecule has 0 amide bonds. The fraction of sp³-hybridized carbons (Fsp3) is 0.211. The van der Waals surface area contributed by atoms with Gasteiger partial charge in [0.15, 0.2) is 0 Å². The van der Waals surface area contributed by atoms with E-state index in [0.717, 1.165) is 11.1 Å². The standard InChI is InChI=1S/C19H20FN3O2S/c1-13-7-8-17(11-14(13)2)26(24,25)22-18(19-21-9-10-23(19)3)15-5-4-6-16(20)12-15/h4-12,18,22H,1-3H3. The van der Waals surface area contributed by atoms with Crippen LogP contribution in [0.25, 0.3) is 0 Å². The molecule has 0 fully saturated rings. The van der Waals surface area contributed by atoms with E-state index in [-0.39, 0.29) is 4.90 Å². The van der Waals surface area contributed by atoms with E-state index >= 15 is 0 Å². The predicted molar refractivity (Wildman–Crippen MR) is 97.7 cm³/mol. The van der Waals surface area contributed by atoms with Crippen molar-refractivity contribution in [2.24, 2.45) is 7.05 Å². The maximum absolute atomic E-state index is 13.7. The lowest BCUT2D eigenvalue weighted by Crippen LogP contribution is -2.31. The maximum Gasteiger partial charge on any atom is 0.241 e. The maximum atomic E-state index is 13.7. The van der Waals surface area contributed by atoms with E-state index in [1.165, 1.54) is 12.1 Å². The Labute approximate surface area is 152 Å². The largest absolute Gasteiger partial charge is 0.336 e. The Kier molecular flexibility index (Phi) is 4.93. The van der Waals surface area contributed by atoms with Crippen LogP contribution in [0.1, 0.15) is 28.6 Å². The fourth-order valence-corrected chi connectivity index (χ4v) is 3.98. The molecule has 3 aromatic rings. The first-order valence-electron chi connectivity index (χ1n) is 8.10. The van der Waals surface area contributed by atoms with Crippen molar-refractivity contribution in [3.63, 3.8) is 0 Å². The predicted octanol–water partition coefficient (Wildman–Crippen LogP) is 3.24. The van der Waals surface area contributed by atoms with Crippen molar-refractivity contribution >= 4 is 10.0 Å². The summed E-state index contributed by atoms with van der Waals surface area (Å²) in [6.07, 6.45) is 3.29. The fourth-order valence-electron chi connectivity index (χ4n) is 2.72. The van der Waals surface area contributed by atoms with Crippen molar-refractivity contribution in [3.05, 3.63) is 83.2 Å². The van der Waals surface area contributed by atoms with Crippen LogP contribution in [0.15, 0.2) is 59.8 Å². The topological polar surface area (TPSA) is 64.0 Å². The summed E-state index contributed by atoms with van der Waals surface area (Å²) >= 11 is 0. The van der Waals surface area contributed by atoms with Gasteiger partial charge in [0.2, 0.25) is 10.0 Å². The van der Waals surface area contributed by atoms with E-state index in [0.29, 0.717) is 11.4 Å². The van der Waals surface area contributed by atoms with Crippen molar-refractivity contribution in [1.82, 2.24) is 14.3 Å².